The molecular weight excluding hydrogens is 341 g/mol. The van der Waals surface area contributed by atoms with Crippen molar-refractivity contribution >= 4 is 17.6 Å². The third-order valence-electron chi connectivity index (χ3n) is 3.49. The third kappa shape index (κ3) is 4.95. The first-order chi connectivity index (χ1) is 12.4. The lowest BCUT2D eigenvalue weighted by molar-refractivity contribution is -0.119. The molecule has 0 fully saturated rings. The van der Waals surface area contributed by atoms with Gasteiger partial charge in [0.1, 0.15) is 5.82 Å². The van der Waals surface area contributed by atoms with E-state index >= 15 is 0 Å². The molecule has 0 spiro atoms. The van der Waals surface area contributed by atoms with E-state index in [9.17, 15) is 14.0 Å². The minimum Gasteiger partial charge on any atom is -0.493 e. The van der Waals surface area contributed by atoms with Crippen LogP contribution in [0, 0.1) is 12.7 Å². The average molecular weight is 361 g/mol. The number of hydrogen-bond acceptors (Lipinski definition) is 5. The van der Waals surface area contributed by atoms with Gasteiger partial charge in [-0.05, 0) is 49.7 Å². The van der Waals surface area contributed by atoms with E-state index in [2.05, 4.69) is 5.32 Å². The van der Waals surface area contributed by atoms with Crippen LogP contribution in [0.15, 0.2) is 36.4 Å². The molecule has 0 aliphatic rings. The van der Waals surface area contributed by atoms with Gasteiger partial charge < -0.3 is 19.5 Å². The summed E-state index contributed by atoms with van der Waals surface area (Å²) in [5.74, 6) is -0.785. The summed E-state index contributed by atoms with van der Waals surface area (Å²) in [4.78, 5) is 24.0. The van der Waals surface area contributed by atoms with Gasteiger partial charge in [0, 0.05) is 5.69 Å². The highest BCUT2D eigenvalue weighted by Crippen LogP contribution is 2.28. The summed E-state index contributed by atoms with van der Waals surface area (Å²) in [6, 6.07) is 8.89. The summed E-state index contributed by atoms with van der Waals surface area (Å²) in [7, 11) is 1.49. The van der Waals surface area contributed by atoms with E-state index in [1.165, 1.54) is 25.3 Å². The molecule has 1 N–H and O–H groups in total. The van der Waals surface area contributed by atoms with Crippen molar-refractivity contribution in [2.24, 2.45) is 0 Å². The van der Waals surface area contributed by atoms with Gasteiger partial charge in [-0.15, -0.1) is 0 Å². The van der Waals surface area contributed by atoms with E-state index in [0.717, 1.165) is 0 Å². The second-order valence-electron chi connectivity index (χ2n) is 5.39. The SMILES string of the molecule is CCOc1cc(C(=O)OCC(=O)Nc2ccc(C)c(F)c2)ccc1OC. The Labute approximate surface area is 150 Å². The fraction of sp³-hybridized carbons (Fsp3) is 0.263. The fourth-order valence-corrected chi connectivity index (χ4v) is 2.15. The predicted octanol–water partition coefficient (Wildman–Crippen LogP) is 3.34. The first-order valence-electron chi connectivity index (χ1n) is 7.98. The zero-order chi connectivity index (χ0) is 19.1. The van der Waals surface area contributed by atoms with Gasteiger partial charge >= 0.3 is 5.97 Å². The van der Waals surface area contributed by atoms with Crippen molar-refractivity contribution in [3.8, 4) is 11.5 Å². The van der Waals surface area contributed by atoms with Crippen LogP contribution in [-0.2, 0) is 9.53 Å². The summed E-state index contributed by atoms with van der Waals surface area (Å²) >= 11 is 0. The maximum absolute atomic E-state index is 13.5. The summed E-state index contributed by atoms with van der Waals surface area (Å²) in [5.41, 5.74) is 0.986. The first kappa shape index (κ1) is 19.2. The molecule has 0 heterocycles. The van der Waals surface area contributed by atoms with Crippen LogP contribution in [0.1, 0.15) is 22.8 Å². The van der Waals surface area contributed by atoms with Crippen LogP contribution in [0.3, 0.4) is 0 Å². The molecule has 2 aromatic rings. The smallest absolute Gasteiger partial charge is 0.338 e. The number of rotatable bonds is 7. The highest BCUT2D eigenvalue weighted by atomic mass is 19.1. The number of halogens is 1. The van der Waals surface area contributed by atoms with Crippen molar-refractivity contribution in [3.63, 3.8) is 0 Å². The molecule has 0 radical (unpaired) electrons. The second-order valence-corrected chi connectivity index (χ2v) is 5.39. The molecule has 0 unspecified atom stereocenters. The summed E-state index contributed by atoms with van der Waals surface area (Å²) in [6.07, 6.45) is 0. The zero-order valence-electron chi connectivity index (χ0n) is 14.8. The van der Waals surface area contributed by atoms with E-state index in [1.807, 2.05) is 6.92 Å². The molecule has 0 saturated carbocycles. The van der Waals surface area contributed by atoms with Crippen LogP contribution >= 0.6 is 0 Å². The topological polar surface area (TPSA) is 73.9 Å². The summed E-state index contributed by atoms with van der Waals surface area (Å²) < 4.78 is 29.0. The van der Waals surface area contributed by atoms with Gasteiger partial charge in [0.05, 0.1) is 19.3 Å². The molecule has 138 valence electrons. The number of nitrogens with one attached hydrogen (secondary N) is 1. The standard InChI is InChI=1S/C19H20FNO5/c1-4-25-17-9-13(6-8-16(17)24-3)19(23)26-11-18(22)21-14-7-5-12(2)15(20)10-14/h5-10H,4,11H2,1-3H3,(H,21,22). The number of carbonyl (C=O) groups excluding carboxylic acids is 2. The molecule has 0 saturated heterocycles. The van der Waals surface area contributed by atoms with Gasteiger partial charge in [-0.1, -0.05) is 6.07 Å². The van der Waals surface area contributed by atoms with Crippen LogP contribution < -0.4 is 14.8 Å². The van der Waals surface area contributed by atoms with Gasteiger partial charge in [-0.25, -0.2) is 9.18 Å². The van der Waals surface area contributed by atoms with Gasteiger partial charge in [0.25, 0.3) is 5.91 Å². The average Bonchev–Trinajstić information content (AvgIpc) is 2.63. The number of esters is 1. The van der Waals surface area contributed by atoms with Crippen molar-refractivity contribution in [1.82, 2.24) is 0 Å². The Kier molecular flexibility index (Phi) is 6.54. The highest BCUT2D eigenvalue weighted by molar-refractivity contribution is 5.95. The largest absolute Gasteiger partial charge is 0.493 e. The maximum Gasteiger partial charge on any atom is 0.338 e. The normalized spacial score (nSPS) is 10.2. The third-order valence-corrected chi connectivity index (χ3v) is 3.49. The van der Waals surface area contributed by atoms with Crippen LogP contribution in [0.5, 0.6) is 11.5 Å². The number of benzene rings is 2. The molecule has 0 aliphatic heterocycles. The fourth-order valence-electron chi connectivity index (χ4n) is 2.15. The minimum atomic E-state index is -0.682. The molecule has 0 atom stereocenters. The molecule has 26 heavy (non-hydrogen) atoms. The predicted molar refractivity (Wildman–Crippen MR) is 94.2 cm³/mol. The monoisotopic (exact) mass is 361 g/mol. The lowest BCUT2D eigenvalue weighted by atomic mass is 10.2. The molecule has 0 bridgehead atoms. The molecule has 0 aliphatic carbocycles. The Morgan fingerprint density at radius 2 is 1.88 bits per heavy atom. The molecule has 2 aromatic carbocycles. The van der Waals surface area contributed by atoms with Crippen molar-refractivity contribution < 1.29 is 28.2 Å². The zero-order valence-corrected chi connectivity index (χ0v) is 14.8. The van der Waals surface area contributed by atoms with E-state index in [1.54, 1.807) is 25.1 Å². The van der Waals surface area contributed by atoms with Crippen LogP contribution in [0.25, 0.3) is 0 Å². The quantitative estimate of drug-likeness (QED) is 0.766. The number of carbonyl (C=O) groups is 2. The van der Waals surface area contributed by atoms with E-state index in [-0.39, 0.29) is 11.3 Å². The number of amides is 1. The molecule has 6 nitrogen and oxygen atoms in total. The Balaban J connectivity index is 1.96. The number of methoxy groups -OCH3 is 1. The molecule has 0 aromatic heterocycles. The molecule has 2 rings (SSSR count). The Morgan fingerprint density at radius 1 is 1.12 bits per heavy atom. The Morgan fingerprint density at radius 3 is 2.54 bits per heavy atom. The molecular formula is C19H20FNO5. The van der Waals surface area contributed by atoms with Crippen LogP contribution in [0.4, 0.5) is 10.1 Å². The number of ether oxygens (including phenoxy) is 3. The second kappa shape index (κ2) is 8.84. The number of hydrogen-bond donors (Lipinski definition) is 1. The van der Waals surface area contributed by atoms with Gasteiger partial charge in [0.15, 0.2) is 18.1 Å². The molecule has 7 heteroatoms. The number of anilines is 1. The van der Waals surface area contributed by atoms with Gasteiger partial charge in [0.2, 0.25) is 0 Å². The lowest BCUT2D eigenvalue weighted by Gasteiger charge is -2.11. The van der Waals surface area contributed by atoms with E-state index in [4.69, 9.17) is 14.2 Å². The van der Waals surface area contributed by atoms with Gasteiger partial charge in [-0.2, -0.15) is 0 Å². The van der Waals surface area contributed by atoms with Crippen LogP contribution in [0.2, 0.25) is 0 Å². The van der Waals surface area contributed by atoms with E-state index < -0.39 is 24.3 Å². The van der Waals surface area contributed by atoms with Gasteiger partial charge in [-0.3, -0.25) is 4.79 Å². The summed E-state index contributed by atoms with van der Waals surface area (Å²) in [5, 5.41) is 2.47. The first-order valence-corrected chi connectivity index (χ1v) is 7.98. The van der Waals surface area contributed by atoms with Crippen molar-refractivity contribution in [1.29, 1.82) is 0 Å². The van der Waals surface area contributed by atoms with Crippen molar-refractivity contribution in [2.75, 3.05) is 25.6 Å². The molecule has 1 amide bonds. The highest BCUT2D eigenvalue weighted by Gasteiger charge is 2.14. The van der Waals surface area contributed by atoms with Crippen LogP contribution in [-0.4, -0.2) is 32.2 Å². The van der Waals surface area contributed by atoms with E-state index in [0.29, 0.717) is 23.7 Å². The Hall–Kier alpha value is -3.09. The minimum absolute atomic E-state index is 0.225. The van der Waals surface area contributed by atoms with Crippen molar-refractivity contribution in [2.45, 2.75) is 13.8 Å². The Bertz CT molecular complexity index is 807. The lowest BCUT2D eigenvalue weighted by Crippen LogP contribution is -2.21. The van der Waals surface area contributed by atoms with Crippen molar-refractivity contribution in [3.05, 3.63) is 53.3 Å². The maximum atomic E-state index is 13.5. The summed E-state index contributed by atoms with van der Waals surface area (Å²) in [6.45, 7) is 3.34. The number of aryl methyl sites for hydroxylation is 1.